The van der Waals surface area contributed by atoms with E-state index in [0.29, 0.717) is 11.7 Å². The van der Waals surface area contributed by atoms with Crippen molar-refractivity contribution in [2.75, 3.05) is 5.32 Å². The van der Waals surface area contributed by atoms with Crippen molar-refractivity contribution in [1.29, 1.82) is 0 Å². The Morgan fingerprint density at radius 3 is 2.72 bits per heavy atom. The maximum Gasteiger partial charge on any atom is 0.308 e. The van der Waals surface area contributed by atoms with E-state index in [1.165, 1.54) is 25.3 Å². The van der Waals surface area contributed by atoms with Crippen LogP contribution in [0.4, 0.5) is 10.1 Å². The molecular formula is C14H18FNO2. The first-order chi connectivity index (χ1) is 8.66. The number of carboxylic acids is 1. The minimum atomic E-state index is -1.01. The van der Waals surface area contributed by atoms with Gasteiger partial charge < -0.3 is 10.4 Å². The molecule has 0 unspecified atom stereocenters. The lowest BCUT2D eigenvalue weighted by molar-refractivity contribution is -0.136. The fourth-order valence-corrected chi connectivity index (χ4v) is 2.49. The van der Waals surface area contributed by atoms with Crippen molar-refractivity contribution in [3.8, 4) is 0 Å². The Hall–Kier alpha value is -1.58. The number of rotatable bonds is 4. The number of aliphatic carboxylic acids is 1. The molecule has 4 heteroatoms. The van der Waals surface area contributed by atoms with Gasteiger partial charge in [-0.3, -0.25) is 4.79 Å². The molecule has 0 amide bonds. The third kappa shape index (κ3) is 3.22. The number of benzene rings is 1. The summed E-state index contributed by atoms with van der Waals surface area (Å²) in [5, 5.41) is 12.1. The van der Waals surface area contributed by atoms with Crippen molar-refractivity contribution < 1.29 is 14.3 Å². The molecule has 2 rings (SSSR count). The van der Waals surface area contributed by atoms with Crippen molar-refractivity contribution in [2.45, 2.75) is 44.6 Å². The van der Waals surface area contributed by atoms with Gasteiger partial charge in [0.05, 0.1) is 6.42 Å². The molecule has 1 aromatic carbocycles. The highest BCUT2D eigenvalue weighted by molar-refractivity contribution is 5.73. The van der Waals surface area contributed by atoms with E-state index in [4.69, 9.17) is 5.11 Å². The van der Waals surface area contributed by atoms with Gasteiger partial charge in [-0.15, -0.1) is 0 Å². The monoisotopic (exact) mass is 251 g/mol. The fourth-order valence-electron chi connectivity index (χ4n) is 2.49. The number of carbonyl (C=O) groups is 1. The zero-order valence-electron chi connectivity index (χ0n) is 10.3. The van der Waals surface area contributed by atoms with E-state index in [1.807, 2.05) is 0 Å². The topological polar surface area (TPSA) is 49.3 Å². The van der Waals surface area contributed by atoms with Crippen molar-refractivity contribution in [2.24, 2.45) is 0 Å². The largest absolute Gasteiger partial charge is 0.481 e. The zero-order valence-corrected chi connectivity index (χ0v) is 10.3. The third-order valence-corrected chi connectivity index (χ3v) is 3.41. The maximum atomic E-state index is 13.7. The van der Waals surface area contributed by atoms with Gasteiger partial charge >= 0.3 is 5.97 Å². The number of carboxylic acid groups (broad SMARTS) is 1. The van der Waals surface area contributed by atoms with Gasteiger partial charge in [-0.2, -0.15) is 0 Å². The Morgan fingerprint density at radius 2 is 2.06 bits per heavy atom. The molecule has 0 heterocycles. The predicted molar refractivity (Wildman–Crippen MR) is 68.2 cm³/mol. The first-order valence-corrected chi connectivity index (χ1v) is 6.42. The van der Waals surface area contributed by atoms with Gasteiger partial charge in [0, 0.05) is 17.3 Å². The molecule has 1 fully saturated rings. The normalized spacial score (nSPS) is 16.5. The molecule has 0 bridgehead atoms. The van der Waals surface area contributed by atoms with E-state index in [0.717, 1.165) is 12.8 Å². The molecule has 1 saturated carbocycles. The first-order valence-electron chi connectivity index (χ1n) is 6.42. The van der Waals surface area contributed by atoms with Gasteiger partial charge in [-0.05, 0) is 25.0 Å². The summed E-state index contributed by atoms with van der Waals surface area (Å²) in [5.41, 5.74) is 0.889. The molecule has 0 aliphatic heterocycles. The van der Waals surface area contributed by atoms with Gasteiger partial charge in [-0.1, -0.05) is 25.3 Å². The smallest absolute Gasteiger partial charge is 0.308 e. The molecule has 1 aromatic rings. The average molecular weight is 251 g/mol. The molecule has 18 heavy (non-hydrogen) atoms. The third-order valence-electron chi connectivity index (χ3n) is 3.41. The number of hydrogen-bond acceptors (Lipinski definition) is 2. The minimum Gasteiger partial charge on any atom is -0.481 e. The Balaban J connectivity index is 2.15. The highest BCUT2D eigenvalue weighted by Crippen LogP contribution is 2.25. The van der Waals surface area contributed by atoms with Crippen molar-refractivity contribution in [1.82, 2.24) is 0 Å². The number of halogens is 1. The van der Waals surface area contributed by atoms with Crippen molar-refractivity contribution in [3.05, 3.63) is 29.6 Å². The van der Waals surface area contributed by atoms with Crippen LogP contribution in [0.15, 0.2) is 18.2 Å². The summed E-state index contributed by atoms with van der Waals surface area (Å²) in [4.78, 5) is 10.8. The molecule has 1 aliphatic carbocycles. The highest BCUT2D eigenvalue weighted by atomic mass is 19.1. The van der Waals surface area contributed by atoms with E-state index in [9.17, 15) is 9.18 Å². The van der Waals surface area contributed by atoms with E-state index in [-0.39, 0.29) is 12.0 Å². The summed E-state index contributed by atoms with van der Waals surface area (Å²) in [7, 11) is 0. The molecule has 98 valence electrons. The van der Waals surface area contributed by atoms with Crippen molar-refractivity contribution in [3.63, 3.8) is 0 Å². The molecular weight excluding hydrogens is 233 g/mol. The summed E-state index contributed by atoms with van der Waals surface area (Å²) < 4.78 is 13.7. The van der Waals surface area contributed by atoms with Gasteiger partial charge in [0.1, 0.15) is 5.82 Å². The van der Waals surface area contributed by atoms with Crippen LogP contribution in [-0.4, -0.2) is 17.1 Å². The maximum absolute atomic E-state index is 13.7. The molecule has 0 spiro atoms. The van der Waals surface area contributed by atoms with Crippen molar-refractivity contribution >= 4 is 11.7 Å². The fraction of sp³-hybridized carbons (Fsp3) is 0.500. The standard InChI is InChI=1S/C14H18FNO2/c15-12-7-4-8-13(11(12)9-14(17)18)16-10-5-2-1-3-6-10/h4,7-8,10,16H,1-3,5-6,9H2,(H,17,18). The first kappa shape index (κ1) is 12.9. The van der Waals surface area contributed by atoms with Crippen LogP contribution in [0, 0.1) is 5.82 Å². The predicted octanol–water partition coefficient (Wildman–Crippen LogP) is 3.20. The Kier molecular flexibility index (Phi) is 4.18. The SMILES string of the molecule is O=C(O)Cc1c(F)cccc1NC1CCCCC1. The molecule has 2 N–H and O–H groups in total. The Morgan fingerprint density at radius 1 is 1.33 bits per heavy atom. The van der Waals surface area contributed by atoms with Crippen LogP contribution in [0.25, 0.3) is 0 Å². The Bertz CT molecular complexity index is 428. The molecule has 1 aliphatic rings. The highest BCUT2D eigenvalue weighted by Gasteiger charge is 2.17. The summed E-state index contributed by atoms with van der Waals surface area (Å²) >= 11 is 0. The lowest BCUT2D eigenvalue weighted by atomic mass is 9.95. The quantitative estimate of drug-likeness (QED) is 0.864. The average Bonchev–Trinajstić information content (AvgIpc) is 2.34. The molecule has 0 saturated heterocycles. The van der Waals surface area contributed by atoms with Crippen LogP contribution in [0.5, 0.6) is 0 Å². The summed E-state index contributed by atoms with van der Waals surface area (Å²) in [6.45, 7) is 0. The van der Waals surface area contributed by atoms with Gasteiger partial charge in [0.15, 0.2) is 0 Å². The molecule has 0 radical (unpaired) electrons. The molecule has 0 atom stereocenters. The van der Waals surface area contributed by atoms with Crippen LogP contribution in [0.2, 0.25) is 0 Å². The minimum absolute atomic E-state index is 0.260. The number of anilines is 1. The second kappa shape index (κ2) is 5.85. The second-order valence-electron chi connectivity index (χ2n) is 4.82. The molecule has 3 nitrogen and oxygen atoms in total. The van der Waals surface area contributed by atoms with Crippen LogP contribution in [0.3, 0.4) is 0 Å². The van der Waals surface area contributed by atoms with Crippen LogP contribution in [-0.2, 0) is 11.2 Å². The van der Waals surface area contributed by atoms with Crippen LogP contribution < -0.4 is 5.32 Å². The van der Waals surface area contributed by atoms with Gasteiger partial charge in [0.25, 0.3) is 0 Å². The van der Waals surface area contributed by atoms with Gasteiger partial charge in [0.2, 0.25) is 0 Å². The Labute approximate surface area is 106 Å². The number of nitrogens with one attached hydrogen (secondary N) is 1. The van der Waals surface area contributed by atoms with Gasteiger partial charge in [-0.25, -0.2) is 4.39 Å². The van der Waals surface area contributed by atoms with E-state index >= 15 is 0 Å². The van der Waals surface area contributed by atoms with Crippen LogP contribution >= 0.6 is 0 Å². The number of hydrogen-bond donors (Lipinski definition) is 2. The lowest BCUT2D eigenvalue weighted by Crippen LogP contribution is -2.23. The van der Waals surface area contributed by atoms with E-state index < -0.39 is 11.8 Å². The second-order valence-corrected chi connectivity index (χ2v) is 4.82. The van der Waals surface area contributed by atoms with Crippen LogP contribution in [0.1, 0.15) is 37.7 Å². The molecule has 0 aromatic heterocycles. The lowest BCUT2D eigenvalue weighted by Gasteiger charge is -2.25. The van der Waals surface area contributed by atoms with E-state index in [1.54, 1.807) is 12.1 Å². The summed E-state index contributed by atoms with van der Waals surface area (Å²) in [6.07, 6.45) is 5.49. The zero-order chi connectivity index (χ0) is 13.0. The summed E-state index contributed by atoms with van der Waals surface area (Å²) in [6, 6.07) is 5.03. The van der Waals surface area contributed by atoms with E-state index in [2.05, 4.69) is 5.32 Å². The summed E-state index contributed by atoms with van der Waals surface area (Å²) in [5.74, 6) is -1.45.